The number of likely N-dealkylation sites (N-methyl/N-ethyl adjacent to an activating group) is 1. The van der Waals surface area contributed by atoms with Crippen LogP contribution in [0.5, 0.6) is 5.75 Å². The molecule has 0 unspecified atom stereocenters. The Labute approximate surface area is 123 Å². The molecule has 1 aromatic rings. The maximum Gasteiger partial charge on any atom is 0.335 e. The second kappa shape index (κ2) is 6.58. The van der Waals surface area contributed by atoms with Crippen LogP contribution in [0.25, 0.3) is 0 Å². The number of aryl methyl sites for hydroxylation is 1. The molecule has 0 spiro atoms. The highest BCUT2D eigenvalue weighted by molar-refractivity contribution is 5.88. The molecule has 0 aromatic heterocycles. The van der Waals surface area contributed by atoms with E-state index in [1.54, 1.807) is 17.9 Å². The fraction of sp³-hybridized carbons (Fsp3) is 0.467. The third-order valence-electron chi connectivity index (χ3n) is 3.63. The van der Waals surface area contributed by atoms with E-state index in [-0.39, 0.29) is 18.1 Å². The van der Waals surface area contributed by atoms with E-state index in [1.165, 1.54) is 12.1 Å². The summed E-state index contributed by atoms with van der Waals surface area (Å²) in [5.74, 6) is -0.467. The number of aromatic carboxylic acids is 1. The minimum absolute atomic E-state index is 0.0169. The number of rotatable bonds is 4. The molecule has 0 aliphatic carbocycles. The highest BCUT2D eigenvalue weighted by Gasteiger charge is 2.19. The number of piperazine rings is 1. The summed E-state index contributed by atoms with van der Waals surface area (Å²) in [5.41, 5.74) is 0.923. The number of amides is 1. The summed E-state index contributed by atoms with van der Waals surface area (Å²) in [7, 11) is 2.03. The molecule has 1 fully saturated rings. The lowest BCUT2D eigenvalue weighted by Crippen LogP contribution is -2.48. The van der Waals surface area contributed by atoms with Crippen molar-refractivity contribution in [3.8, 4) is 5.75 Å². The van der Waals surface area contributed by atoms with Gasteiger partial charge in [-0.05, 0) is 37.7 Å². The summed E-state index contributed by atoms with van der Waals surface area (Å²) < 4.78 is 5.52. The van der Waals surface area contributed by atoms with Crippen LogP contribution in [0.3, 0.4) is 0 Å². The van der Waals surface area contributed by atoms with Crippen molar-refractivity contribution >= 4 is 11.9 Å². The predicted molar refractivity (Wildman–Crippen MR) is 77.7 cm³/mol. The molecule has 114 valence electrons. The first-order valence-electron chi connectivity index (χ1n) is 6.90. The minimum Gasteiger partial charge on any atom is -0.483 e. The zero-order valence-corrected chi connectivity index (χ0v) is 12.3. The van der Waals surface area contributed by atoms with Gasteiger partial charge in [0, 0.05) is 26.2 Å². The van der Waals surface area contributed by atoms with Gasteiger partial charge in [-0.25, -0.2) is 4.79 Å². The molecule has 1 aliphatic heterocycles. The number of carboxylic acid groups (broad SMARTS) is 1. The van der Waals surface area contributed by atoms with Crippen LogP contribution in [0.1, 0.15) is 15.9 Å². The Morgan fingerprint density at radius 3 is 2.48 bits per heavy atom. The Kier molecular flexibility index (Phi) is 4.80. The van der Waals surface area contributed by atoms with Crippen LogP contribution in [0.15, 0.2) is 18.2 Å². The van der Waals surface area contributed by atoms with Crippen LogP contribution < -0.4 is 4.74 Å². The molecular weight excluding hydrogens is 272 g/mol. The Bertz CT molecular complexity index is 536. The zero-order chi connectivity index (χ0) is 15.4. The van der Waals surface area contributed by atoms with E-state index in [4.69, 9.17) is 9.84 Å². The van der Waals surface area contributed by atoms with Gasteiger partial charge in [-0.15, -0.1) is 0 Å². The van der Waals surface area contributed by atoms with E-state index >= 15 is 0 Å². The van der Waals surface area contributed by atoms with Crippen molar-refractivity contribution in [3.05, 3.63) is 29.3 Å². The minimum atomic E-state index is -0.974. The fourth-order valence-corrected chi connectivity index (χ4v) is 2.23. The Morgan fingerprint density at radius 1 is 1.24 bits per heavy atom. The number of nitrogens with zero attached hydrogens (tertiary/aromatic N) is 2. The van der Waals surface area contributed by atoms with Crippen LogP contribution >= 0.6 is 0 Å². The Morgan fingerprint density at radius 2 is 1.90 bits per heavy atom. The molecule has 0 bridgehead atoms. The van der Waals surface area contributed by atoms with Gasteiger partial charge in [0.2, 0.25) is 0 Å². The van der Waals surface area contributed by atoms with Crippen molar-refractivity contribution in [2.45, 2.75) is 6.92 Å². The molecule has 0 saturated carbocycles. The lowest BCUT2D eigenvalue weighted by Gasteiger charge is -2.32. The molecule has 1 amide bonds. The van der Waals surface area contributed by atoms with E-state index in [0.717, 1.165) is 26.2 Å². The van der Waals surface area contributed by atoms with E-state index in [9.17, 15) is 9.59 Å². The lowest BCUT2D eigenvalue weighted by molar-refractivity contribution is -0.134. The van der Waals surface area contributed by atoms with Gasteiger partial charge in [0.05, 0.1) is 5.56 Å². The summed E-state index contributed by atoms with van der Waals surface area (Å²) in [6.45, 7) is 4.93. The van der Waals surface area contributed by atoms with Gasteiger partial charge in [0.25, 0.3) is 5.91 Å². The van der Waals surface area contributed by atoms with Gasteiger partial charge in [0.15, 0.2) is 6.61 Å². The van der Waals surface area contributed by atoms with Gasteiger partial charge in [-0.3, -0.25) is 4.79 Å². The van der Waals surface area contributed by atoms with E-state index in [2.05, 4.69) is 4.90 Å². The first kappa shape index (κ1) is 15.3. The van der Waals surface area contributed by atoms with Crippen molar-refractivity contribution in [2.24, 2.45) is 0 Å². The van der Waals surface area contributed by atoms with Crippen LogP contribution in [0.2, 0.25) is 0 Å². The summed E-state index contributed by atoms with van der Waals surface area (Å²) in [5, 5.41) is 8.90. The Hall–Kier alpha value is -2.08. The van der Waals surface area contributed by atoms with Gasteiger partial charge < -0.3 is 19.6 Å². The second-order valence-electron chi connectivity index (χ2n) is 5.26. The molecule has 2 rings (SSSR count). The lowest BCUT2D eigenvalue weighted by atomic mass is 10.1. The highest BCUT2D eigenvalue weighted by atomic mass is 16.5. The first-order chi connectivity index (χ1) is 9.97. The van der Waals surface area contributed by atoms with Crippen molar-refractivity contribution in [2.75, 3.05) is 39.8 Å². The van der Waals surface area contributed by atoms with Crippen molar-refractivity contribution in [1.29, 1.82) is 0 Å². The van der Waals surface area contributed by atoms with Gasteiger partial charge in [0.1, 0.15) is 5.75 Å². The molecule has 1 saturated heterocycles. The van der Waals surface area contributed by atoms with E-state index in [1.807, 2.05) is 7.05 Å². The third kappa shape index (κ3) is 3.95. The molecule has 6 heteroatoms. The number of ether oxygens (including phenoxy) is 1. The molecular formula is C15H20N2O4. The van der Waals surface area contributed by atoms with Crippen molar-refractivity contribution in [3.63, 3.8) is 0 Å². The van der Waals surface area contributed by atoms with Gasteiger partial charge in [-0.2, -0.15) is 0 Å². The molecule has 1 heterocycles. The van der Waals surface area contributed by atoms with Crippen LogP contribution in [0, 0.1) is 6.92 Å². The average Bonchev–Trinajstić information content (AvgIpc) is 2.46. The number of hydrogen-bond acceptors (Lipinski definition) is 4. The number of carbonyl (C=O) groups excluding carboxylic acids is 1. The SMILES string of the molecule is Cc1cc(C(=O)O)ccc1OCC(=O)N1CCN(C)CC1. The van der Waals surface area contributed by atoms with Gasteiger partial charge in [-0.1, -0.05) is 0 Å². The van der Waals surface area contributed by atoms with Crippen LogP contribution in [-0.4, -0.2) is 66.6 Å². The number of carboxylic acids is 1. The topological polar surface area (TPSA) is 70.1 Å². The van der Waals surface area contributed by atoms with Crippen LogP contribution in [0.4, 0.5) is 0 Å². The van der Waals surface area contributed by atoms with Gasteiger partial charge >= 0.3 is 5.97 Å². The standard InChI is InChI=1S/C15H20N2O4/c1-11-9-12(15(19)20)3-4-13(11)21-10-14(18)17-7-5-16(2)6-8-17/h3-4,9H,5-8,10H2,1-2H3,(H,19,20). The third-order valence-corrected chi connectivity index (χ3v) is 3.63. The quantitative estimate of drug-likeness (QED) is 0.891. The highest BCUT2D eigenvalue weighted by Crippen LogP contribution is 2.19. The van der Waals surface area contributed by atoms with Crippen molar-refractivity contribution in [1.82, 2.24) is 9.80 Å². The normalized spacial score (nSPS) is 15.8. The zero-order valence-electron chi connectivity index (χ0n) is 12.3. The Balaban J connectivity index is 1.91. The number of benzene rings is 1. The molecule has 0 atom stereocenters. The summed E-state index contributed by atoms with van der Waals surface area (Å²) in [4.78, 5) is 26.9. The maximum absolute atomic E-state index is 12.1. The molecule has 1 N–H and O–H groups in total. The van der Waals surface area contributed by atoms with E-state index in [0.29, 0.717) is 11.3 Å². The predicted octanol–water partition coefficient (Wildman–Crippen LogP) is 0.846. The van der Waals surface area contributed by atoms with Crippen molar-refractivity contribution < 1.29 is 19.4 Å². The summed E-state index contributed by atoms with van der Waals surface area (Å²) >= 11 is 0. The average molecular weight is 292 g/mol. The monoisotopic (exact) mass is 292 g/mol. The smallest absolute Gasteiger partial charge is 0.335 e. The molecule has 6 nitrogen and oxygen atoms in total. The number of carbonyl (C=O) groups is 2. The summed E-state index contributed by atoms with van der Waals surface area (Å²) in [6, 6.07) is 4.61. The first-order valence-corrected chi connectivity index (χ1v) is 6.90. The molecule has 1 aliphatic rings. The van der Waals surface area contributed by atoms with Crippen LogP contribution in [-0.2, 0) is 4.79 Å². The fourth-order valence-electron chi connectivity index (χ4n) is 2.23. The maximum atomic E-state index is 12.1. The second-order valence-corrected chi connectivity index (χ2v) is 5.26. The largest absolute Gasteiger partial charge is 0.483 e. The molecule has 1 aromatic carbocycles. The van der Waals surface area contributed by atoms with E-state index < -0.39 is 5.97 Å². The molecule has 21 heavy (non-hydrogen) atoms. The summed E-state index contributed by atoms with van der Waals surface area (Å²) in [6.07, 6.45) is 0. The molecule has 0 radical (unpaired) electrons. The number of hydrogen-bond donors (Lipinski definition) is 1.